The lowest BCUT2D eigenvalue weighted by Crippen LogP contribution is -2.30. The molecule has 0 unspecified atom stereocenters. The van der Waals surface area contributed by atoms with Gasteiger partial charge < -0.3 is 10.8 Å². The van der Waals surface area contributed by atoms with Crippen LogP contribution in [0.5, 0.6) is 0 Å². The molecule has 0 aromatic carbocycles. The van der Waals surface area contributed by atoms with E-state index in [0.29, 0.717) is 5.92 Å². The third kappa shape index (κ3) is 5.64. The molecule has 0 fully saturated rings. The minimum Gasteiger partial charge on any atom is -0.481 e. The van der Waals surface area contributed by atoms with Gasteiger partial charge in [0.1, 0.15) is 0 Å². The number of rotatable bonds is 6. The predicted octanol–water partition coefficient (Wildman–Crippen LogP) is 1.86. The van der Waals surface area contributed by atoms with E-state index in [2.05, 4.69) is 13.8 Å². The minimum absolute atomic E-state index is 0.138. The van der Waals surface area contributed by atoms with Crippen LogP contribution in [0.4, 0.5) is 0 Å². The smallest absolute Gasteiger partial charge is 0.303 e. The van der Waals surface area contributed by atoms with Crippen molar-refractivity contribution in [2.45, 2.75) is 46.1 Å². The molecule has 3 N–H and O–H groups in total. The van der Waals surface area contributed by atoms with Crippen molar-refractivity contribution in [2.24, 2.45) is 17.6 Å². The lowest BCUT2D eigenvalue weighted by atomic mass is 9.90. The third-order valence-corrected chi connectivity index (χ3v) is 2.57. The number of hydrogen-bond acceptors (Lipinski definition) is 2. The van der Waals surface area contributed by atoms with Crippen LogP contribution in [0.1, 0.15) is 40.0 Å². The Morgan fingerprint density at radius 1 is 1.46 bits per heavy atom. The highest BCUT2D eigenvalue weighted by atomic mass is 16.4. The third-order valence-electron chi connectivity index (χ3n) is 2.57. The first-order valence-corrected chi connectivity index (χ1v) is 4.94. The van der Waals surface area contributed by atoms with Gasteiger partial charge in [-0.1, -0.05) is 27.2 Å². The molecular weight excluding hydrogens is 166 g/mol. The Morgan fingerprint density at radius 3 is 2.38 bits per heavy atom. The highest BCUT2D eigenvalue weighted by Crippen LogP contribution is 2.16. The highest BCUT2D eigenvalue weighted by Gasteiger charge is 2.16. The van der Waals surface area contributed by atoms with E-state index in [1.165, 1.54) is 0 Å². The van der Waals surface area contributed by atoms with Gasteiger partial charge in [0.2, 0.25) is 0 Å². The molecule has 3 nitrogen and oxygen atoms in total. The summed E-state index contributed by atoms with van der Waals surface area (Å²) in [4.78, 5) is 10.4. The van der Waals surface area contributed by atoms with Crippen LogP contribution >= 0.6 is 0 Å². The topological polar surface area (TPSA) is 63.3 Å². The summed E-state index contributed by atoms with van der Waals surface area (Å²) in [5.41, 5.74) is 5.91. The summed E-state index contributed by atoms with van der Waals surface area (Å²) < 4.78 is 0. The van der Waals surface area contributed by atoms with Crippen molar-refractivity contribution in [3.8, 4) is 0 Å². The fourth-order valence-electron chi connectivity index (χ4n) is 1.38. The number of carboxylic acid groups (broad SMARTS) is 1. The summed E-state index contributed by atoms with van der Waals surface area (Å²) >= 11 is 0. The first kappa shape index (κ1) is 12.4. The van der Waals surface area contributed by atoms with Crippen LogP contribution in [0.25, 0.3) is 0 Å². The molecule has 0 saturated carbocycles. The van der Waals surface area contributed by atoms with E-state index in [-0.39, 0.29) is 18.4 Å². The van der Waals surface area contributed by atoms with Crippen LogP contribution in [0.3, 0.4) is 0 Å². The average molecular weight is 187 g/mol. The molecule has 0 aromatic heterocycles. The van der Waals surface area contributed by atoms with Crippen molar-refractivity contribution in [3.05, 3.63) is 0 Å². The van der Waals surface area contributed by atoms with Crippen LogP contribution < -0.4 is 5.73 Å². The molecule has 0 radical (unpaired) electrons. The zero-order chi connectivity index (χ0) is 10.4. The van der Waals surface area contributed by atoms with Gasteiger partial charge in [0, 0.05) is 12.5 Å². The van der Waals surface area contributed by atoms with Crippen LogP contribution in [0.15, 0.2) is 0 Å². The molecule has 0 saturated heterocycles. The van der Waals surface area contributed by atoms with Crippen molar-refractivity contribution in [1.29, 1.82) is 0 Å². The van der Waals surface area contributed by atoms with Gasteiger partial charge in [-0.25, -0.2) is 0 Å². The normalized spacial score (nSPS) is 17.8. The van der Waals surface area contributed by atoms with Crippen LogP contribution in [0, 0.1) is 11.8 Å². The predicted molar refractivity (Wildman–Crippen MR) is 53.5 cm³/mol. The zero-order valence-electron chi connectivity index (χ0n) is 8.79. The average Bonchev–Trinajstić information content (AvgIpc) is 2.01. The highest BCUT2D eigenvalue weighted by molar-refractivity contribution is 5.66. The van der Waals surface area contributed by atoms with Crippen molar-refractivity contribution in [3.63, 3.8) is 0 Å². The maximum atomic E-state index is 10.4. The molecule has 13 heavy (non-hydrogen) atoms. The Bertz CT molecular complexity index is 159. The fourth-order valence-corrected chi connectivity index (χ4v) is 1.38. The van der Waals surface area contributed by atoms with Crippen molar-refractivity contribution in [1.82, 2.24) is 0 Å². The van der Waals surface area contributed by atoms with Crippen LogP contribution in [0.2, 0.25) is 0 Å². The molecule has 3 heteroatoms. The fraction of sp³-hybridized carbons (Fsp3) is 0.900. The van der Waals surface area contributed by atoms with Gasteiger partial charge >= 0.3 is 5.97 Å². The Kier molecular flexibility index (Phi) is 5.71. The van der Waals surface area contributed by atoms with Crippen LogP contribution in [-0.4, -0.2) is 17.1 Å². The first-order chi connectivity index (χ1) is 5.97. The van der Waals surface area contributed by atoms with Gasteiger partial charge in [0.15, 0.2) is 0 Å². The number of carbonyl (C=O) groups is 1. The number of aliphatic carboxylic acids is 1. The standard InChI is InChI=1S/C10H21NO2/c1-4-8(3)9(11)5-7(2)6-10(12)13/h7-9H,4-6,11H2,1-3H3,(H,12,13)/t7-,8-,9+/m0/s1. The van der Waals surface area contributed by atoms with E-state index in [9.17, 15) is 4.79 Å². The maximum Gasteiger partial charge on any atom is 0.303 e. The number of hydrogen-bond donors (Lipinski definition) is 2. The minimum atomic E-state index is -0.733. The first-order valence-electron chi connectivity index (χ1n) is 4.94. The zero-order valence-corrected chi connectivity index (χ0v) is 8.79. The second kappa shape index (κ2) is 5.97. The molecule has 0 aliphatic carbocycles. The Morgan fingerprint density at radius 2 is 2.00 bits per heavy atom. The largest absolute Gasteiger partial charge is 0.481 e. The van der Waals surface area contributed by atoms with E-state index in [0.717, 1.165) is 12.8 Å². The van der Waals surface area contributed by atoms with Gasteiger partial charge in [-0.15, -0.1) is 0 Å². The Labute approximate surface area is 80.3 Å². The second-order valence-electron chi connectivity index (χ2n) is 3.99. The van der Waals surface area contributed by atoms with E-state index in [1.54, 1.807) is 0 Å². The summed E-state index contributed by atoms with van der Waals surface area (Å²) in [6.45, 7) is 6.15. The van der Waals surface area contributed by atoms with Crippen molar-refractivity contribution in [2.75, 3.05) is 0 Å². The summed E-state index contributed by atoms with van der Waals surface area (Å²) in [5, 5.41) is 8.55. The van der Waals surface area contributed by atoms with Gasteiger partial charge in [-0.05, 0) is 18.3 Å². The lowest BCUT2D eigenvalue weighted by molar-refractivity contribution is -0.138. The number of carboxylic acids is 1. The van der Waals surface area contributed by atoms with Crippen molar-refractivity contribution >= 4 is 5.97 Å². The molecule has 0 aromatic rings. The van der Waals surface area contributed by atoms with E-state index < -0.39 is 5.97 Å². The quantitative estimate of drug-likeness (QED) is 0.667. The molecule has 0 rings (SSSR count). The summed E-state index contributed by atoms with van der Waals surface area (Å²) in [5.74, 6) is -0.0680. The SMILES string of the molecule is CC[C@H](C)[C@H](N)C[C@H](C)CC(=O)O. The summed E-state index contributed by atoms with van der Waals surface area (Å²) in [6.07, 6.45) is 2.09. The van der Waals surface area contributed by atoms with E-state index in [1.807, 2.05) is 6.92 Å². The van der Waals surface area contributed by atoms with E-state index in [4.69, 9.17) is 10.8 Å². The molecule has 0 aliphatic rings. The van der Waals surface area contributed by atoms with Gasteiger partial charge in [0.25, 0.3) is 0 Å². The van der Waals surface area contributed by atoms with Crippen LogP contribution in [-0.2, 0) is 4.79 Å². The van der Waals surface area contributed by atoms with E-state index >= 15 is 0 Å². The maximum absolute atomic E-state index is 10.4. The van der Waals surface area contributed by atoms with Gasteiger partial charge in [-0.2, -0.15) is 0 Å². The molecule has 3 atom stereocenters. The lowest BCUT2D eigenvalue weighted by Gasteiger charge is -2.21. The number of nitrogens with two attached hydrogens (primary N) is 1. The second-order valence-corrected chi connectivity index (χ2v) is 3.99. The summed E-state index contributed by atoms with van der Waals surface area (Å²) in [7, 11) is 0. The molecule has 0 bridgehead atoms. The molecule has 0 heterocycles. The molecular formula is C10H21NO2. The van der Waals surface area contributed by atoms with Gasteiger partial charge in [0.05, 0.1) is 0 Å². The molecule has 0 aliphatic heterocycles. The molecule has 0 spiro atoms. The Hall–Kier alpha value is -0.570. The van der Waals surface area contributed by atoms with Gasteiger partial charge in [-0.3, -0.25) is 4.79 Å². The molecule has 0 amide bonds. The summed E-state index contributed by atoms with van der Waals surface area (Å²) in [6, 6.07) is 0.138. The molecule has 78 valence electrons. The van der Waals surface area contributed by atoms with Crippen molar-refractivity contribution < 1.29 is 9.90 Å². The Balaban J connectivity index is 3.76. The monoisotopic (exact) mass is 187 g/mol.